The number of amides is 1. The van der Waals surface area contributed by atoms with Gasteiger partial charge in [-0.15, -0.1) is 11.8 Å². The van der Waals surface area contributed by atoms with Gasteiger partial charge in [-0.25, -0.2) is 0 Å². The second-order valence-corrected chi connectivity index (χ2v) is 7.19. The molecule has 1 aliphatic heterocycles. The van der Waals surface area contributed by atoms with E-state index in [0.717, 1.165) is 17.7 Å². The number of thioether (sulfide) groups is 1. The first-order valence-electron chi connectivity index (χ1n) is 8.30. The van der Waals surface area contributed by atoms with Crippen LogP contribution in [0.5, 0.6) is 5.75 Å². The Hall–Kier alpha value is -2.54. The number of nitrogens with zero attached hydrogens (tertiary/aromatic N) is 2. The highest BCUT2D eigenvalue weighted by Crippen LogP contribution is 2.33. The summed E-state index contributed by atoms with van der Waals surface area (Å²) >= 11 is 1.46. The molecule has 0 fully saturated rings. The lowest BCUT2D eigenvalue weighted by molar-refractivity contribution is -0.385. The summed E-state index contributed by atoms with van der Waals surface area (Å²) < 4.78 is 5.01. The number of rotatable bonds is 6. The highest BCUT2D eigenvalue weighted by Gasteiger charge is 2.30. The monoisotopic (exact) mass is 372 g/mol. The van der Waals surface area contributed by atoms with Crippen molar-refractivity contribution in [3.63, 3.8) is 0 Å². The van der Waals surface area contributed by atoms with E-state index in [2.05, 4.69) is 13.0 Å². The molecule has 26 heavy (non-hydrogen) atoms. The van der Waals surface area contributed by atoms with E-state index < -0.39 is 4.92 Å². The van der Waals surface area contributed by atoms with Gasteiger partial charge in [-0.05, 0) is 36.6 Å². The maximum Gasteiger partial charge on any atom is 0.311 e. The summed E-state index contributed by atoms with van der Waals surface area (Å²) in [7, 11) is 1.41. The first-order chi connectivity index (χ1) is 12.5. The number of ether oxygens (including phenoxy) is 1. The van der Waals surface area contributed by atoms with Crippen LogP contribution in [0.4, 0.5) is 11.4 Å². The van der Waals surface area contributed by atoms with E-state index in [-0.39, 0.29) is 23.4 Å². The second-order valence-electron chi connectivity index (χ2n) is 6.20. The van der Waals surface area contributed by atoms with Crippen LogP contribution in [0.3, 0.4) is 0 Å². The van der Waals surface area contributed by atoms with E-state index in [1.807, 2.05) is 23.1 Å². The molecule has 0 bridgehead atoms. The maximum atomic E-state index is 12.7. The van der Waals surface area contributed by atoms with Crippen LogP contribution in [-0.2, 0) is 17.0 Å². The van der Waals surface area contributed by atoms with Crippen molar-refractivity contribution in [3.8, 4) is 5.75 Å². The molecule has 3 rings (SSSR count). The number of para-hydroxylation sites is 1. The predicted octanol–water partition coefficient (Wildman–Crippen LogP) is 3.81. The van der Waals surface area contributed by atoms with Crippen LogP contribution in [-0.4, -0.2) is 29.7 Å². The average molecular weight is 372 g/mol. The molecule has 2 aromatic carbocycles. The normalized spacial score (nSPS) is 15.6. The van der Waals surface area contributed by atoms with Gasteiger partial charge < -0.3 is 9.64 Å². The molecule has 1 atom stereocenters. The van der Waals surface area contributed by atoms with Crippen molar-refractivity contribution in [2.45, 2.75) is 25.1 Å². The minimum atomic E-state index is -0.457. The minimum Gasteiger partial charge on any atom is -0.490 e. The largest absolute Gasteiger partial charge is 0.490 e. The molecule has 136 valence electrons. The van der Waals surface area contributed by atoms with Gasteiger partial charge in [0.1, 0.15) is 0 Å². The first-order valence-corrected chi connectivity index (χ1v) is 9.45. The van der Waals surface area contributed by atoms with Gasteiger partial charge in [0.25, 0.3) is 0 Å². The Morgan fingerprint density at radius 2 is 2.12 bits per heavy atom. The van der Waals surface area contributed by atoms with Crippen LogP contribution in [0, 0.1) is 10.1 Å². The molecule has 0 saturated heterocycles. The summed E-state index contributed by atoms with van der Waals surface area (Å²) in [4.78, 5) is 25.2. The number of nitro benzene ring substituents is 1. The van der Waals surface area contributed by atoms with Gasteiger partial charge in [0.2, 0.25) is 5.91 Å². The topological polar surface area (TPSA) is 72.7 Å². The van der Waals surface area contributed by atoms with Crippen molar-refractivity contribution in [2.24, 2.45) is 0 Å². The van der Waals surface area contributed by atoms with Gasteiger partial charge in [0, 0.05) is 23.5 Å². The number of nitro groups is 1. The van der Waals surface area contributed by atoms with E-state index in [1.54, 1.807) is 12.1 Å². The molecule has 1 heterocycles. The number of benzene rings is 2. The van der Waals surface area contributed by atoms with Gasteiger partial charge in [0.05, 0.1) is 17.8 Å². The number of carbonyl (C=O) groups is 1. The molecule has 7 heteroatoms. The number of fused-ring (bicyclic) bond motifs is 1. The van der Waals surface area contributed by atoms with Gasteiger partial charge in [-0.2, -0.15) is 0 Å². The van der Waals surface area contributed by atoms with E-state index in [4.69, 9.17) is 4.74 Å². The van der Waals surface area contributed by atoms with Crippen LogP contribution < -0.4 is 9.64 Å². The number of hydrogen-bond donors (Lipinski definition) is 0. The first kappa shape index (κ1) is 18.3. The smallest absolute Gasteiger partial charge is 0.311 e. The molecule has 0 aromatic heterocycles. The van der Waals surface area contributed by atoms with Crippen molar-refractivity contribution >= 4 is 29.0 Å². The fourth-order valence-corrected chi connectivity index (χ4v) is 4.07. The average Bonchev–Trinajstić information content (AvgIpc) is 2.97. The lowest BCUT2D eigenvalue weighted by Crippen LogP contribution is -2.37. The molecular weight excluding hydrogens is 352 g/mol. The Balaban J connectivity index is 1.63. The zero-order valence-corrected chi connectivity index (χ0v) is 15.5. The molecule has 0 spiro atoms. The Bertz CT molecular complexity index is 840. The zero-order valence-electron chi connectivity index (χ0n) is 14.7. The standard InChI is InChI=1S/C19H20N2O4S/c1-13-9-15-5-3-4-6-16(15)20(13)19(22)12-26-11-14-7-8-18(25-2)17(10-14)21(23)24/h3-8,10,13H,9,11-12H2,1-2H3/t13-/m0/s1. The number of anilines is 1. The van der Waals surface area contributed by atoms with Crippen LogP contribution in [0.1, 0.15) is 18.1 Å². The fourth-order valence-electron chi connectivity index (χ4n) is 3.24. The quantitative estimate of drug-likeness (QED) is 0.569. The molecule has 0 aliphatic carbocycles. The van der Waals surface area contributed by atoms with Crippen LogP contribution in [0.25, 0.3) is 0 Å². The van der Waals surface area contributed by atoms with Crippen LogP contribution in [0.2, 0.25) is 0 Å². The second kappa shape index (κ2) is 7.78. The third kappa shape index (κ3) is 3.67. The van der Waals surface area contributed by atoms with Crippen molar-refractivity contribution in [2.75, 3.05) is 17.8 Å². The van der Waals surface area contributed by atoms with Crippen molar-refractivity contribution in [3.05, 3.63) is 63.7 Å². The summed E-state index contributed by atoms with van der Waals surface area (Å²) in [5, 5.41) is 11.1. The summed E-state index contributed by atoms with van der Waals surface area (Å²) in [6, 6.07) is 13.0. The number of methoxy groups -OCH3 is 1. The molecule has 0 unspecified atom stereocenters. The van der Waals surface area contributed by atoms with E-state index >= 15 is 0 Å². The highest BCUT2D eigenvalue weighted by atomic mass is 32.2. The third-order valence-corrected chi connectivity index (χ3v) is 5.40. The Kier molecular flexibility index (Phi) is 5.46. The lowest BCUT2D eigenvalue weighted by Gasteiger charge is -2.22. The predicted molar refractivity (Wildman–Crippen MR) is 103 cm³/mol. The molecule has 0 N–H and O–H groups in total. The molecule has 0 radical (unpaired) electrons. The van der Waals surface area contributed by atoms with E-state index in [0.29, 0.717) is 11.5 Å². The van der Waals surface area contributed by atoms with Crippen LogP contribution >= 0.6 is 11.8 Å². The van der Waals surface area contributed by atoms with Crippen molar-refractivity contribution in [1.29, 1.82) is 0 Å². The van der Waals surface area contributed by atoms with Crippen LogP contribution in [0.15, 0.2) is 42.5 Å². The zero-order chi connectivity index (χ0) is 18.7. The maximum absolute atomic E-state index is 12.7. The number of hydrogen-bond acceptors (Lipinski definition) is 5. The molecule has 1 amide bonds. The third-order valence-electron chi connectivity index (χ3n) is 4.41. The molecule has 6 nitrogen and oxygen atoms in total. The van der Waals surface area contributed by atoms with E-state index in [9.17, 15) is 14.9 Å². The minimum absolute atomic E-state index is 0.0565. The Labute approximate surface area is 156 Å². The number of carbonyl (C=O) groups excluding carboxylic acids is 1. The van der Waals surface area contributed by atoms with Gasteiger partial charge in [-0.3, -0.25) is 14.9 Å². The summed E-state index contributed by atoms with van der Waals surface area (Å²) in [6.45, 7) is 2.05. The summed E-state index contributed by atoms with van der Waals surface area (Å²) in [6.07, 6.45) is 0.872. The summed E-state index contributed by atoms with van der Waals surface area (Å²) in [5.41, 5.74) is 2.93. The molecule has 0 saturated carbocycles. The highest BCUT2D eigenvalue weighted by molar-refractivity contribution is 7.99. The van der Waals surface area contributed by atoms with Gasteiger partial charge in [0.15, 0.2) is 5.75 Å². The van der Waals surface area contributed by atoms with Crippen molar-refractivity contribution < 1.29 is 14.5 Å². The molecule has 2 aromatic rings. The SMILES string of the molecule is COc1ccc(CSCC(=O)N2c3ccccc3C[C@@H]2C)cc1[N+](=O)[O-]. The summed E-state index contributed by atoms with van der Waals surface area (Å²) in [5.74, 6) is 1.16. The van der Waals surface area contributed by atoms with E-state index in [1.165, 1.54) is 30.5 Å². The Morgan fingerprint density at radius 3 is 2.85 bits per heavy atom. The van der Waals surface area contributed by atoms with Crippen molar-refractivity contribution in [1.82, 2.24) is 0 Å². The molecule has 1 aliphatic rings. The Morgan fingerprint density at radius 1 is 1.35 bits per heavy atom. The fraction of sp³-hybridized carbons (Fsp3) is 0.316. The lowest BCUT2D eigenvalue weighted by atomic mass is 10.1. The van der Waals surface area contributed by atoms with Gasteiger partial charge >= 0.3 is 5.69 Å². The van der Waals surface area contributed by atoms with Gasteiger partial charge in [-0.1, -0.05) is 24.3 Å². The molecular formula is C19H20N2O4S.